The van der Waals surface area contributed by atoms with E-state index in [1.54, 1.807) is 6.20 Å². The molecular weight excluding hydrogens is 693 g/mol. The van der Waals surface area contributed by atoms with Crippen molar-refractivity contribution in [3.05, 3.63) is 177 Å². The average molecular weight is 718 g/mol. The van der Waals surface area contributed by atoms with Crippen LogP contribution in [-0.4, -0.2) is 14.4 Å². The third kappa shape index (κ3) is 6.50. The molecule has 0 aliphatic rings. The minimum absolute atomic E-state index is 0. The third-order valence-electron chi connectivity index (χ3n) is 6.43. The number of rotatable bonds is 2. The van der Waals surface area contributed by atoms with E-state index in [0.717, 1.165) is 28.0 Å². The van der Waals surface area contributed by atoms with E-state index in [1.807, 2.05) is 120 Å². The van der Waals surface area contributed by atoms with E-state index in [4.69, 9.17) is 0 Å². The van der Waals surface area contributed by atoms with Crippen LogP contribution in [-0.2, 0) is 20.1 Å². The summed E-state index contributed by atoms with van der Waals surface area (Å²) in [5.74, 6) is 0. The quantitative estimate of drug-likeness (QED) is 0.105. The first-order chi connectivity index (χ1) is 20.4. The number of benzene rings is 4. The number of fused-ring (bicyclic) bond motifs is 6. The van der Waals surface area contributed by atoms with Gasteiger partial charge < -0.3 is 14.0 Å². The van der Waals surface area contributed by atoms with Crippen LogP contribution in [0.3, 0.4) is 0 Å². The number of nitrogens with zero attached hydrogens (tertiary/aromatic N) is 4. The van der Waals surface area contributed by atoms with Crippen molar-refractivity contribution >= 4 is 27.3 Å². The molecule has 205 valence electrons. The molecular formula is C37H25IrN4-3. The van der Waals surface area contributed by atoms with Crippen molar-refractivity contribution in [3.63, 3.8) is 0 Å². The normalized spacial score (nSPS) is 10.2. The van der Waals surface area contributed by atoms with Gasteiger partial charge in [0.15, 0.2) is 0 Å². The summed E-state index contributed by atoms with van der Waals surface area (Å²) in [6, 6.07) is 51.3. The van der Waals surface area contributed by atoms with Gasteiger partial charge >= 0.3 is 0 Å². The van der Waals surface area contributed by atoms with Gasteiger partial charge in [0.1, 0.15) is 6.20 Å². The second-order valence-corrected chi connectivity index (χ2v) is 9.04. The van der Waals surface area contributed by atoms with E-state index in [9.17, 15) is 0 Å². The predicted octanol–water partition coefficient (Wildman–Crippen LogP) is 7.55. The summed E-state index contributed by atoms with van der Waals surface area (Å²) in [5.41, 5.74) is 5.18. The fraction of sp³-hybridized carbons (Fsp3) is 0. The van der Waals surface area contributed by atoms with Gasteiger partial charge in [-0.25, -0.2) is 0 Å². The van der Waals surface area contributed by atoms with Crippen LogP contribution in [0.15, 0.2) is 152 Å². The second-order valence-electron chi connectivity index (χ2n) is 9.04. The summed E-state index contributed by atoms with van der Waals surface area (Å²) >= 11 is 0. The molecule has 0 atom stereocenters. The van der Waals surface area contributed by atoms with E-state index >= 15 is 0 Å². The standard InChI is InChI=1S/C15H9N2.2C11H8N.Ir/c1-2-7-13-11(5-1)12-6-3-4-8-14(12)17-10-9-16-15(13)17;1-3-7-11(8-4-1)12-9-5-2-6-10-12;1-2-6-10(7-3-1)11-8-4-5-9-12-11;/h1-6,8-10H;1-7,9H;1-6,8-9H;/q3*-1;. The summed E-state index contributed by atoms with van der Waals surface area (Å²) < 4.78 is 4.02. The van der Waals surface area contributed by atoms with Crippen molar-refractivity contribution < 1.29 is 24.7 Å². The third-order valence-corrected chi connectivity index (χ3v) is 6.43. The summed E-state index contributed by atoms with van der Waals surface area (Å²) in [7, 11) is 0. The smallest absolute Gasteiger partial charge is 0.150 e. The fourth-order valence-corrected chi connectivity index (χ4v) is 4.56. The first kappa shape index (κ1) is 28.6. The molecule has 0 N–H and O–H groups in total. The van der Waals surface area contributed by atoms with Crippen LogP contribution >= 0.6 is 0 Å². The molecule has 42 heavy (non-hydrogen) atoms. The molecule has 8 rings (SSSR count). The van der Waals surface area contributed by atoms with Crippen molar-refractivity contribution in [1.82, 2.24) is 14.4 Å². The van der Waals surface area contributed by atoms with Crippen molar-refractivity contribution in [3.8, 4) is 16.9 Å². The second kappa shape index (κ2) is 14.1. The number of aromatic nitrogens is 4. The molecule has 4 nitrogen and oxygen atoms in total. The Hall–Kier alpha value is -4.96. The Labute approximate surface area is 259 Å². The van der Waals surface area contributed by atoms with Crippen molar-refractivity contribution in [2.24, 2.45) is 0 Å². The summed E-state index contributed by atoms with van der Waals surface area (Å²) in [5, 5.41) is 3.53. The minimum Gasteiger partial charge on any atom is -0.340 e. The van der Waals surface area contributed by atoms with Crippen molar-refractivity contribution in [2.75, 3.05) is 0 Å². The predicted molar refractivity (Wildman–Crippen MR) is 163 cm³/mol. The summed E-state index contributed by atoms with van der Waals surface area (Å²) in [6.07, 6.45) is 10.6. The van der Waals surface area contributed by atoms with Crippen molar-refractivity contribution in [1.29, 1.82) is 0 Å². The maximum Gasteiger partial charge on any atom is 0.150 e. The molecule has 0 saturated heterocycles. The van der Waals surface area contributed by atoms with Crippen molar-refractivity contribution in [2.45, 2.75) is 0 Å². The Bertz CT molecular complexity index is 1760. The Kier molecular flexibility index (Phi) is 9.58. The first-order valence-electron chi connectivity index (χ1n) is 13.3. The van der Waals surface area contributed by atoms with Gasteiger partial charge in [-0.3, -0.25) is 4.98 Å². The SMILES string of the molecule is [Ir].[c-]1cccc2c1c1nccn1c1ccccc21.[c-]1ccccc1-[n+]1[c-]cccc1.[c-]1ccccc1-c1ccccn1. The van der Waals surface area contributed by atoms with Crippen LogP contribution in [0, 0.1) is 24.4 Å². The van der Waals surface area contributed by atoms with Crippen LogP contribution in [0.4, 0.5) is 0 Å². The summed E-state index contributed by atoms with van der Waals surface area (Å²) in [4.78, 5) is 8.65. The molecule has 0 bridgehead atoms. The van der Waals surface area contributed by atoms with Crippen LogP contribution < -0.4 is 4.57 Å². The maximum atomic E-state index is 4.43. The Morgan fingerprint density at radius 1 is 0.595 bits per heavy atom. The first-order valence-corrected chi connectivity index (χ1v) is 13.3. The number of hydrogen-bond donors (Lipinski definition) is 0. The molecule has 4 aromatic carbocycles. The molecule has 8 aromatic rings. The zero-order chi connectivity index (χ0) is 27.7. The van der Waals surface area contributed by atoms with Crippen LogP contribution in [0.2, 0.25) is 0 Å². The van der Waals surface area contributed by atoms with E-state index < -0.39 is 0 Å². The topological polar surface area (TPSA) is 34.1 Å². The zero-order valence-electron chi connectivity index (χ0n) is 22.6. The monoisotopic (exact) mass is 718 g/mol. The molecule has 0 saturated carbocycles. The number of pyridine rings is 3. The Morgan fingerprint density at radius 2 is 1.36 bits per heavy atom. The van der Waals surface area contributed by atoms with Gasteiger partial charge in [-0.1, -0.05) is 47.9 Å². The Morgan fingerprint density at radius 3 is 2.12 bits per heavy atom. The van der Waals surface area contributed by atoms with Gasteiger partial charge in [0.05, 0.1) is 11.8 Å². The van der Waals surface area contributed by atoms with Gasteiger partial charge in [0.25, 0.3) is 0 Å². The average Bonchev–Trinajstić information content (AvgIpc) is 3.58. The van der Waals surface area contributed by atoms with E-state index in [2.05, 4.69) is 69.1 Å². The van der Waals surface area contributed by atoms with Crippen LogP contribution in [0.25, 0.3) is 44.3 Å². The van der Waals surface area contributed by atoms with Crippen LogP contribution in [0.5, 0.6) is 0 Å². The van der Waals surface area contributed by atoms with Gasteiger partial charge in [-0.15, -0.1) is 77.7 Å². The fourth-order valence-electron chi connectivity index (χ4n) is 4.56. The summed E-state index contributed by atoms with van der Waals surface area (Å²) in [6.45, 7) is 0. The number of para-hydroxylation sites is 2. The zero-order valence-corrected chi connectivity index (χ0v) is 25.0. The van der Waals surface area contributed by atoms with Gasteiger partial charge in [0, 0.05) is 49.9 Å². The van der Waals surface area contributed by atoms with Crippen LogP contribution in [0.1, 0.15) is 0 Å². The van der Waals surface area contributed by atoms with Gasteiger partial charge in [0.2, 0.25) is 0 Å². The van der Waals surface area contributed by atoms with Gasteiger partial charge in [-0.05, 0) is 23.2 Å². The van der Waals surface area contributed by atoms with E-state index in [0.29, 0.717) is 0 Å². The molecule has 5 heteroatoms. The number of imidazole rings is 1. The molecule has 0 amide bonds. The number of hydrogen-bond acceptors (Lipinski definition) is 2. The molecule has 4 heterocycles. The van der Waals surface area contributed by atoms with Gasteiger partial charge in [-0.2, -0.15) is 24.3 Å². The molecule has 0 spiro atoms. The molecule has 0 fully saturated rings. The van der Waals surface area contributed by atoms with E-state index in [-0.39, 0.29) is 20.1 Å². The molecule has 1 radical (unpaired) electrons. The minimum atomic E-state index is 0. The van der Waals surface area contributed by atoms with E-state index in [1.165, 1.54) is 16.3 Å². The molecule has 4 aromatic heterocycles. The molecule has 0 unspecified atom stereocenters. The molecule has 0 aliphatic heterocycles. The Balaban J connectivity index is 0.000000128. The largest absolute Gasteiger partial charge is 0.340 e. The maximum absolute atomic E-state index is 4.43. The molecule has 0 aliphatic carbocycles.